The molecule has 1 heterocycles. The van der Waals surface area contributed by atoms with Crippen LogP contribution in [0.5, 0.6) is 0 Å². The Balaban J connectivity index is 2.42. The molecule has 1 N–H and O–H groups in total. The van der Waals surface area contributed by atoms with Gasteiger partial charge in [-0.3, -0.25) is 0 Å². The number of aliphatic hydroxyl groups excluding tert-OH is 1. The monoisotopic (exact) mass is 247 g/mol. The standard InChI is InChI=1S/C14H17NOS/c1-9-4-5-12(10(2)8-9)14-15-11(3)13(17-14)6-7-16/h4-5,8,16H,6-7H2,1-3H3. The highest BCUT2D eigenvalue weighted by Crippen LogP contribution is 2.30. The highest BCUT2D eigenvalue weighted by molar-refractivity contribution is 7.15. The average molecular weight is 247 g/mol. The summed E-state index contributed by atoms with van der Waals surface area (Å²) in [6, 6.07) is 6.42. The Kier molecular flexibility index (Phi) is 3.60. The molecule has 0 aliphatic carbocycles. The van der Waals surface area contributed by atoms with Crippen molar-refractivity contribution in [1.82, 2.24) is 4.98 Å². The van der Waals surface area contributed by atoms with Crippen LogP contribution in [0.2, 0.25) is 0 Å². The van der Waals surface area contributed by atoms with Gasteiger partial charge in [0.2, 0.25) is 0 Å². The molecule has 17 heavy (non-hydrogen) atoms. The Hall–Kier alpha value is -1.19. The number of hydrogen-bond acceptors (Lipinski definition) is 3. The smallest absolute Gasteiger partial charge is 0.124 e. The predicted molar refractivity (Wildman–Crippen MR) is 72.6 cm³/mol. The Labute approximate surface area is 106 Å². The van der Waals surface area contributed by atoms with Gasteiger partial charge in [-0.2, -0.15) is 0 Å². The highest BCUT2D eigenvalue weighted by Gasteiger charge is 2.10. The average Bonchev–Trinajstić information content (AvgIpc) is 2.60. The van der Waals surface area contributed by atoms with E-state index in [2.05, 4.69) is 37.0 Å². The molecule has 2 rings (SSSR count). The first-order valence-corrected chi connectivity index (χ1v) is 6.58. The molecule has 0 saturated heterocycles. The minimum Gasteiger partial charge on any atom is -0.396 e. The van der Waals surface area contributed by atoms with Crippen molar-refractivity contribution in [3.63, 3.8) is 0 Å². The van der Waals surface area contributed by atoms with E-state index in [-0.39, 0.29) is 6.61 Å². The van der Waals surface area contributed by atoms with Gasteiger partial charge in [0, 0.05) is 23.5 Å². The fraction of sp³-hybridized carbons (Fsp3) is 0.357. The number of rotatable bonds is 3. The van der Waals surface area contributed by atoms with Gasteiger partial charge in [-0.05, 0) is 26.3 Å². The van der Waals surface area contributed by atoms with E-state index in [9.17, 15) is 0 Å². The van der Waals surface area contributed by atoms with Gasteiger partial charge in [0.05, 0.1) is 5.69 Å². The van der Waals surface area contributed by atoms with Crippen molar-refractivity contribution >= 4 is 11.3 Å². The van der Waals surface area contributed by atoms with E-state index < -0.39 is 0 Å². The minimum atomic E-state index is 0.190. The summed E-state index contributed by atoms with van der Waals surface area (Å²) in [6.07, 6.45) is 0.703. The molecule has 2 aromatic rings. The molecule has 0 atom stereocenters. The lowest BCUT2D eigenvalue weighted by Gasteiger charge is -2.02. The number of aliphatic hydroxyl groups is 1. The van der Waals surface area contributed by atoms with E-state index in [4.69, 9.17) is 5.11 Å². The van der Waals surface area contributed by atoms with E-state index in [1.54, 1.807) is 11.3 Å². The summed E-state index contributed by atoms with van der Waals surface area (Å²) in [6.45, 7) is 6.41. The van der Waals surface area contributed by atoms with Gasteiger partial charge in [-0.1, -0.05) is 23.8 Å². The fourth-order valence-electron chi connectivity index (χ4n) is 1.93. The highest BCUT2D eigenvalue weighted by atomic mass is 32.1. The molecular weight excluding hydrogens is 230 g/mol. The second-order valence-corrected chi connectivity index (χ2v) is 5.40. The molecule has 0 unspecified atom stereocenters. The summed E-state index contributed by atoms with van der Waals surface area (Å²) in [5, 5.41) is 10.1. The van der Waals surface area contributed by atoms with Crippen molar-refractivity contribution in [2.24, 2.45) is 0 Å². The van der Waals surface area contributed by atoms with Crippen LogP contribution in [-0.4, -0.2) is 16.7 Å². The molecule has 0 fully saturated rings. The Morgan fingerprint density at radius 1 is 1.24 bits per heavy atom. The lowest BCUT2D eigenvalue weighted by Crippen LogP contribution is -1.88. The topological polar surface area (TPSA) is 33.1 Å². The summed E-state index contributed by atoms with van der Waals surface area (Å²) >= 11 is 1.69. The van der Waals surface area contributed by atoms with Crippen molar-refractivity contribution in [3.8, 4) is 10.6 Å². The van der Waals surface area contributed by atoms with Crippen molar-refractivity contribution in [3.05, 3.63) is 39.9 Å². The molecule has 0 spiro atoms. The number of thiazole rings is 1. The van der Waals surface area contributed by atoms with Gasteiger partial charge in [0.1, 0.15) is 5.01 Å². The number of nitrogens with zero attached hydrogens (tertiary/aromatic N) is 1. The summed E-state index contributed by atoms with van der Waals surface area (Å²) in [7, 11) is 0. The van der Waals surface area contributed by atoms with Crippen LogP contribution in [0.1, 0.15) is 21.7 Å². The minimum absolute atomic E-state index is 0.190. The van der Waals surface area contributed by atoms with Gasteiger partial charge in [0.25, 0.3) is 0 Å². The molecule has 0 aliphatic heterocycles. The number of aryl methyl sites for hydroxylation is 3. The third-order valence-electron chi connectivity index (χ3n) is 2.84. The molecule has 2 nitrogen and oxygen atoms in total. The molecule has 3 heteroatoms. The first kappa shape index (κ1) is 12.3. The third-order valence-corrected chi connectivity index (χ3v) is 4.09. The van der Waals surface area contributed by atoms with E-state index in [0.29, 0.717) is 6.42 Å². The second kappa shape index (κ2) is 4.98. The van der Waals surface area contributed by atoms with Crippen molar-refractivity contribution in [2.45, 2.75) is 27.2 Å². The van der Waals surface area contributed by atoms with Crippen molar-refractivity contribution in [1.29, 1.82) is 0 Å². The van der Waals surface area contributed by atoms with E-state index >= 15 is 0 Å². The zero-order valence-electron chi connectivity index (χ0n) is 10.4. The van der Waals surface area contributed by atoms with Crippen LogP contribution in [0.3, 0.4) is 0 Å². The molecule has 0 aliphatic rings. The van der Waals surface area contributed by atoms with Gasteiger partial charge in [-0.15, -0.1) is 11.3 Å². The largest absolute Gasteiger partial charge is 0.396 e. The van der Waals surface area contributed by atoms with Crippen LogP contribution in [0.25, 0.3) is 10.6 Å². The van der Waals surface area contributed by atoms with E-state index in [1.807, 2.05) is 6.92 Å². The lowest BCUT2D eigenvalue weighted by molar-refractivity contribution is 0.300. The van der Waals surface area contributed by atoms with E-state index in [1.165, 1.54) is 21.6 Å². The Bertz CT molecular complexity index is 531. The molecular formula is C14H17NOS. The van der Waals surface area contributed by atoms with Gasteiger partial charge >= 0.3 is 0 Å². The number of aromatic nitrogens is 1. The van der Waals surface area contributed by atoms with Gasteiger partial charge < -0.3 is 5.11 Å². The summed E-state index contributed by atoms with van der Waals surface area (Å²) in [5.41, 5.74) is 4.77. The third kappa shape index (κ3) is 2.56. The van der Waals surface area contributed by atoms with Gasteiger partial charge in [-0.25, -0.2) is 4.98 Å². The van der Waals surface area contributed by atoms with Crippen LogP contribution in [0.15, 0.2) is 18.2 Å². The van der Waals surface area contributed by atoms with Crippen LogP contribution in [0, 0.1) is 20.8 Å². The maximum Gasteiger partial charge on any atom is 0.124 e. The zero-order chi connectivity index (χ0) is 12.4. The van der Waals surface area contributed by atoms with Gasteiger partial charge in [0.15, 0.2) is 0 Å². The first-order chi connectivity index (χ1) is 8.11. The normalized spacial score (nSPS) is 10.8. The predicted octanol–water partition coefficient (Wildman–Crippen LogP) is 3.27. The Morgan fingerprint density at radius 3 is 2.65 bits per heavy atom. The summed E-state index contributed by atoms with van der Waals surface area (Å²) in [4.78, 5) is 5.78. The van der Waals surface area contributed by atoms with E-state index in [0.717, 1.165) is 10.7 Å². The van der Waals surface area contributed by atoms with Crippen LogP contribution in [0.4, 0.5) is 0 Å². The molecule has 1 aromatic carbocycles. The molecule has 0 radical (unpaired) electrons. The summed E-state index contributed by atoms with van der Waals surface area (Å²) in [5.74, 6) is 0. The maximum absolute atomic E-state index is 8.99. The number of hydrogen-bond donors (Lipinski definition) is 1. The van der Waals surface area contributed by atoms with Crippen LogP contribution >= 0.6 is 11.3 Å². The summed E-state index contributed by atoms with van der Waals surface area (Å²) < 4.78 is 0. The van der Waals surface area contributed by atoms with Crippen LogP contribution < -0.4 is 0 Å². The molecule has 90 valence electrons. The SMILES string of the molecule is Cc1ccc(-c2nc(C)c(CCO)s2)c(C)c1. The first-order valence-electron chi connectivity index (χ1n) is 5.76. The molecule has 0 bridgehead atoms. The zero-order valence-corrected chi connectivity index (χ0v) is 11.3. The molecule has 0 saturated carbocycles. The van der Waals surface area contributed by atoms with Crippen molar-refractivity contribution in [2.75, 3.05) is 6.61 Å². The van der Waals surface area contributed by atoms with Crippen molar-refractivity contribution < 1.29 is 5.11 Å². The Morgan fingerprint density at radius 2 is 2.00 bits per heavy atom. The molecule has 1 aromatic heterocycles. The number of benzene rings is 1. The quantitative estimate of drug-likeness (QED) is 0.903. The lowest BCUT2D eigenvalue weighted by atomic mass is 10.1. The molecule has 0 amide bonds. The maximum atomic E-state index is 8.99. The fourth-order valence-corrected chi connectivity index (χ4v) is 3.07. The van der Waals surface area contributed by atoms with Crippen LogP contribution in [-0.2, 0) is 6.42 Å². The second-order valence-electron chi connectivity index (χ2n) is 4.32.